The fraction of sp³-hybridized carbons (Fsp3) is 0.286. The van der Waals surface area contributed by atoms with Gasteiger partial charge in [-0.1, -0.05) is 22.0 Å². The van der Waals surface area contributed by atoms with E-state index in [1.165, 1.54) is 12.8 Å². The van der Waals surface area contributed by atoms with Crippen LogP contribution < -0.4 is 9.64 Å². The van der Waals surface area contributed by atoms with Gasteiger partial charge in [0.25, 0.3) is 5.91 Å². The molecule has 1 amide bonds. The topological polar surface area (TPSA) is 45.3 Å². The molecule has 1 fully saturated rings. The number of amides is 1. The third kappa shape index (κ3) is 3.23. The van der Waals surface area contributed by atoms with E-state index in [4.69, 9.17) is 4.74 Å². The first kappa shape index (κ1) is 17.2. The summed E-state index contributed by atoms with van der Waals surface area (Å²) >= 11 is 3.48. The summed E-state index contributed by atoms with van der Waals surface area (Å²) in [6, 6.07) is 15.8. The number of rotatable bonds is 5. The van der Waals surface area contributed by atoms with Crippen LogP contribution in [0.5, 0.6) is 5.75 Å². The van der Waals surface area contributed by atoms with Gasteiger partial charge >= 0.3 is 0 Å². The third-order valence-corrected chi connectivity index (χ3v) is 5.59. The van der Waals surface area contributed by atoms with Crippen molar-refractivity contribution in [3.05, 3.63) is 58.7 Å². The SMILES string of the molecule is COc1ccc(N(C(=O)c2cc3ccc(Br)cc3[nH]2)C(C)C2CC2)cc1. The Morgan fingerprint density at radius 1 is 1.19 bits per heavy atom. The number of nitrogens with one attached hydrogen (secondary N) is 1. The van der Waals surface area contributed by atoms with Gasteiger partial charge in [-0.25, -0.2) is 0 Å². The van der Waals surface area contributed by atoms with Gasteiger partial charge in [0.2, 0.25) is 0 Å². The molecule has 4 nitrogen and oxygen atoms in total. The molecule has 1 N–H and O–H groups in total. The molecule has 134 valence electrons. The zero-order valence-corrected chi connectivity index (χ0v) is 16.4. The highest BCUT2D eigenvalue weighted by Crippen LogP contribution is 2.38. The molecule has 3 aromatic rings. The van der Waals surface area contributed by atoms with Gasteiger partial charge < -0.3 is 14.6 Å². The fourth-order valence-corrected chi connectivity index (χ4v) is 3.77. The van der Waals surface area contributed by atoms with Crippen molar-refractivity contribution in [3.63, 3.8) is 0 Å². The number of halogens is 1. The van der Waals surface area contributed by atoms with E-state index in [0.29, 0.717) is 11.6 Å². The summed E-state index contributed by atoms with van der Waals surface area (Å²) in [7, 11) is 1.65. The van der Waals surface area contributed by atoms with Gasteiger partial charge in [0.1, 0.15) is 11.4 Å². The maximum absolute atomic E-state index is 13.4. The predicted molar refractivity (Wildman–Crippen MR) is 108 cm³/mol. The summed E-state index contributed by atoms with van der Waals surface area (Å²) in [5.74, 6) is 1.36. The predicted octanol–water partition coefficient (Wildman–Crippen LogP) is 5.38. The lowest BCUT2D eigenvalue weighted by Gasteiger charge is -2.29. The highest BCUT2D eigenvalue weighted by Gasteiger charge is 2.36. The molecule has 1 aromatic heterocycles. The van der Waals surface area contributed by atoms with Crippen LogP contribution in [0.4, 0.5) is 5.69 Å². The Bertz CT molecular complexity index is 944. The van der Waals surface area contributed by atoms with Crippen LogP contribution in [0.15, 0.2) is 53.0 Å². The Kier molecular flexibility index (Phi) is 4.49. The standard InChI is InChI=1S/C21H21BrN2O2/c1-13(14-3-4-14)24(17-7-9-18(26-2)10-8-17)21(25)20-11-15-5-6-16(22)12-19(15)23-20/h5-14,23H,3-4H2,1-2H3. The van der Waals surface area contributed by atoms with Gasteiger partial charge in [-0.15, -0.1) is 0 Å². The Hall–Kier alpha value is -2.27. The number of hydrogen-bond acceptors (Lipinski definition) is 2. The monoisotopic (exact) mass is 412 g/mol. The Balaban J connectivity index is 1.72. The number of nitrogens with zero attached hydrogens (tertiary/aromatic N) is 1. The lowest BCUT2D eigenvalue weighted by Crippen LogP contribution is -2.40. The van der Waals surface area contributed by atoms with Gasteiger partial charge in [0, 0.05) is 27.1 Å². The van der Waals surface area contributed by atoms with Crippen molar-refractivity contribution in [3.8, 4) is 5.75 Å². The zero-order valence-electron chi connectivity index (χ0n) is 14.8. The molecule has 5 heteroatoms. The van der Waals surface area contributed by atoms with Crippen LogP contribution in [-0.4, -0.2) is 24.0 Å². The average Bonchev–Trinajstić information content (AvgIpc) is 3.42. The van der Waals surface area contributed by atoms with Crippen LogP contribution in [0.2, 0.25) is 0 Å². The molecule has 0 spiro atoms. The van der Waals surface area contributed by atoms with E-state index < -0.39 is 0 Å². The van der Waals surface area contributed by atoms with E-state index in [1.54, 1.807) is 7.11 Å². The number of anilines is 1. The molecule has 0 bridgehead atoms. The summed E-state index contributed by atoms with van der Waals surface area (Å²) < 4.78 is 6.24. The summed E-state index contributed by atoms with van der Waals surface area (Å²) in [5, 5.41) is 1.03. The van der Waals surface area contributed by atoms with Crippen molar-refractivity contribution in [2.75, 3.05) is 12.0 Å². The smallest absolute Gasteiger partial charge is 0.274 e. The Morgan fingerprint density at radius 3 is 2.58 bits per heavy atom. The maximum Gasteiger partial charge on any atom is 0.274 e. The van der Waals surface area contributed by atoms with E-state index in [1.807, 2.05) is 53.4 Å². The molecule has 1 atom stereocenters. The summed E-state index contributed by atoms with van der Waals surface area (Å²) in [6.07, 6.45) is 2.36. The van der Waals surface area contributed by atoms with Crippen LogP contribution in [0.1, 0.15) is 30.3 Å². The number of ether oxygens (including phenoxy) is 1. The number of fused-ring (bicyclic) bond motifs is 1. The van der Waals surface area contributed by atoms with Gasteiger partial charge in [0.15, 0.2) is 0 Å². The van der Waals surface area contributed by atoms with E-state index in [9.17, 15) is 4.79 Å². The molecule has 1 aliphatic carbocycles. The molecular weight excluding hydrogens is 392 g/mol. The van der Waals surface area contributed by atoms with Crippen molar-refractivity contribution in [1.82, 2.24) is 4.98 Å². The molecule has 4 rings (SSSR count). The minimum Gasteiger partial charge on any atom is -0.497 e. The van der Waals surface area contributed by atoms with Crippen molar-refractivity contribution in [2.24, 2.45) is 5.92 Å². The van der Waals surface area contributed by atoms with Crippen molar-refractivity contribution in [2.45, 2.75) is 25.8 Å². The molecule has 1 heterocycles. The van der Waals surface area contributed by atoms with Gasteiger partial charge in [0.05, 0.1) is 7.11 Å². The van der Waals surface area contributed by atoms with Gasteiger partial charge in [-0.05, 0) is 68.1 Å². The normalized spacial score (nSPS) is 15.0. The summed E-state index contributed by atoms with van der Waals surface area (Å²) in [6.45, 7) is 2.14. The zero-order chi connectivity index (χ0) is 18.3. The van der Waals surface area contributed by atoms with Crippen LogP contribution in [-0.2, 0) is 0 Å². The second-order valence-corrected chi connectivity index (χ2v) is 7.78. The Morgan fingerprint density at radius 2 is 1.92 bits per heavy atom. The van der Waals surface area contributed by atoms with Crippen LogP contribution in [0.3, 0.4) is 0 Å². The molecular formula is C21H21BrN2O2. The molecule has 0 radical (unpaired) electrons. The number of aromatic nitrogens is 1. The van der Waals surface area contributed by atoms with E-state index >= 15 is 0 Å². The highest BCUT2D eigenvalue weighted by atomic mass is 79.9. The average molecular weight is 413 g/mol. The molecule has 26 heavy (non-hydrogen) atoms. The molecule has 1 aliphatic rings. The number of aromatic amines is 1. The number of hydrogen-bond donors (Lipinski definition) is 1. The lowest BCUT2D eigenvalue weighted by atomic mass is 10.1. The first-order chi connectivity index (χ1) is 12.6. The van der Waals surface area contributed by atoms with E-state index in [2.05, 4.69) is 27.8 Å². The number of benzene rings is 2. The number of H-pyrrole nitrogens is 1. The summed E-state index contributed by atoms with van der Waals surface area (Å²) in [5.41, 5.74) is 2.47. The maximum atomic E-state index is 13.4. The van der Waals surface area contributed by atoms with Crippen LogP contribution >= 0.6 is 15.9 Å². The minimum absolute atomic E-state index is 0.00175. The van der Waals surface area contributed by atoms with Crippen molar-refractivity contribution < 1.29 is 9.53 Å². The van der Waals surface area contributed by atoms with Crippen molar-refractivity contribution >= 4 is 38.4 Å². The highest BCUT2D eigenvalue weighted by molar-refractivity contribution is 9.10. The fourth-order valence-electron chi connectivity index (χ4n) is 3.41. The third-order valence-electron chi connectivity index (χ3n) is 5.10. The second kappa shape index (κ2) is 6.80. The first-order valence-corrected chi connectivity index (χ1v) is 9.62. The molecule has 0 saturated heterocycles. The number of methoxy groups -OCH3 is 1. The minimum atomic E-state index is 0.00175. The second-order valence-electron chi connectivity index (χ2n) is 6.87. The molecule has 1 unspecified atom stereocenters. The van der Waals surface area contributed by atoms with Crippen LogP contribution in [0, 0.1) is 5.92 Å². The summed E-state index contributed by atoms with van der Waals surface area (Å²) in [4.78, 5) is 18.6. The lowest BCUT2D eigenvalue weighted by molar-refractivity contribution is 0.0971. The van der Waals surface area contributed by atoms with Crippen molar-refractivity contribution in [1.29, 1.82) is 0 Å². The molecule has 1 saturated carbocycles. The van der Waals surface area contributed by atoms with Gasteiger partial charge in [-0.2, -0.15) is 0 Å². The van der Waals surface area contributed by atoms with Crippen LogP contribution in [0.25, 0.3) is 10.9 Å². The quantitative estimate of drug-likeness (QED) is 0.610. The molecule has 0 aliphatic heterocycles. The number of carbonyl (C=O) groups excluding carboxylic acids is 1. The van der Waals surface area contributed by atoms with E-state index in [0.717, 1.165) is 26.8 Å². The largest absolute Gasteiger partial charge is 0.497 e. The number of carbonyl (C=O) groups is 1. The van der Waals surface area contributed by atoms with Gasteiger partial charge in [-0.3, -0.25) is 4.79 Å². The first-order valence-electron chi connectivity index (χ1n) is 8.82. The molecule has 2 aromatic carbocycles. The Labute approximate surface area is 161 Å². The van der Waals surface area contributed by atoms with E-state index in [-0.39, 0.29) is 11.9 Å².